The molecule has 1 N–H and O–H groups in total. The Morgan fingerprint density at radius 1 is 0.431 bits per heavy atom. The molecule has 0 fully saturated rings. The van der Waals surface area contributed by atoms with Crippen molar-refractivity contribution < 1.29 is 14.7 Å². The van der Waals surface area contributed by atoms with Crippen LogP contribution in [0.2, 0.25) is 0 Å². The second-order valence-electron chi connectivity index (χ2n) is 15.6. The number of ether oxygens (including phenoxy) is 1. The summed E-state index contributed by atoms with van der Waals surface area (Å²) < 4.78 is 5.45. The lowest BCUT2D eigenvalue weighted by Gasteiger charge is -2.14. The number of hydrogen-bond donors (Lipinski definition) is 1. The van der Waals surface area contributed by atoms with E-state index in [1.54, 1.807) is 5.01 Å². The lowest BCUT2D eigenvalue weighted by Crippen LogP contribution is -2.21. The zero-order valence-electron chi connectivity index (χ0n) is 34.5. The first-order valence-electron chi connectivity index (χ1n) is 22.8. The highest BCUT2D eigenvalue weighted by molar-refractivity contribution is 5.69. The Morgan fingerprint density at radius 3 is 1.08 bits per heavy atom. The second kappa shape index (κ2) is 43.2. The quantitative estimate of drug-likeness (QED) is 0.0292. The maximum Gasteiger partial charge on any atom is 0.305 e. The molecule has 304 valence electrons. The minimum absolute atomic E-state index is 0.0347. The SMILES string of the molecule is CCCCCCCCCCCCN(O)CCCCCCCCCC(=O)OCCCCCCCCCCN(CCCCCCCCCCCC)N=O. The van der Waals surface area contributed by atoms with E-state index in [1.165, 1.54) is 178 Å². The second-order valence-corrected chi connectivity index (χ2v) is 15.6. The van der Waals surface area contributed by atoms with E-state index >= 15 is 0 Å². The number of hydroxylamine groups is 2. The van der Waals surface area contributed by atoms with Gasteiger partial charge in [-0.15, -0.1) is 4.91 Å². The molecule has 7 nitrogen and oxygen atoms in total. The molecule has 0 aliphatic carbocycles. The molecule has 0 spiro atoms. The average Bonchev–Trinajstić information content (AvgIpc) is 3.13. The molecule has 0 aliphatic rings. The topological polar surface area (TPSA) is 82.4 Å². The Kier molecular flexibility index (Phi) is 42.2. The zero-order valence-corrected chi connectivity index (χ0v) is 34.5. The molecule has 0 aliphatic heterocycles. The van der Waals surface area contributed by atoms with E-state index in [1.807, 2.05) is 0 Å². The van der Waals surface area contributed by atoms with Crippen molar-refractivity contribution in [3.63, 3.8) is 0 Å². The monoisotopic (exact) mass is 724 g/mol. The fourth-order valence-electron chi connectivity index (χ4n) is 7.03. The molecule has 0 bridgehead atoms. The van der Waals surface area contributed by atoms with Crippen LogP contribution in [0.15, 0.2) is 5.29 Å². The maximum absolute atomic E-state index is 12.0. The number of unbranched alkanes of at least 4 members (excludes halogenated alkanes) is 31. The Morgan fingerprint density at radius 2 is 0.725 bits per heavy atom. The van der Waals surface area contributed by atoms with E-state index in [4.69, 9.17) is 4.74 Å². The van der Waals surface area contributed by atoms with Gasteiger partial charge in [-0.05, 0) is 38.5 Å². The maximum atomic E-state index is 12.0. The van der Waals surface area contributed by atoms with Gasteiger partial charge in [-0.3, -0.25) is 9.80 Å². The molecule has 0 amide bonds. The number of esters is 1. The van der Waals surface area contributed by atoms with Crippen LogP contribution in [0.4, 0.5) is 0 Å². The van der Waals surface area contributed by atoms with Crippen LogP contribution in [0.1, 0.15) is 245 Å². The molecule has 0 saturated carbocycles. The highest BCUT2D eigenvalue weighted by atomic mass is 16.5. The third-order valence-corrected chi connectivity index (χ3v) is 10.5. The van der Waals surface area contributed by atoms with Crippen molar-refractivity contribution in [2.75, 3.05) is 32.8 Å². The third kappa shape index (κ3) is 41.4. The first kappa shape index (κ1) is 49.8. The molecule has 7 heteroatoms. The fraction of sp³-hybridized carbons (Fsp3) is 0.977. The van der Waals surface area contributed by atoms with Gasteiger partial charge in [0.2, 0.25) is 0 Å². The summed E-state index contributed by atoms with van der Waals surface area (Å²) >= 11 is 0. The van der Waals surface area contributed by atoms with E-state index in [-0.39, 0.29) is 5.97 Å². The average molecular weight is 724 g/mol. The minimum Gasteiger partial charge on any atom is -0.466 e. The number of rotatable bonds is 44. The number of carbonyl (C=O) groups is 1. The Balaban J connectivity index is 3.34. The van der Waals surface area contributed by atoms with Gasteiger partial charge in [0, 0.05) is 32.6 Å². The largest absolute Gasteiger partial charge is 0.466 e. The highest BCUT2D eigenvalue weighted by Crippen LogP contribution is 2.14. The van der Waals surface area contributed by atoms with Crippen LogP contribution in [0, 0.1) is 4.91 Å². The van der Waals surface area contributed by atoms with Gasteiger partial charge in [-0.2, -0.15) is 5.06 Å². The van der Waals surface area contributed by atoms with Crippen molar-refractivity contribution in [2.45, 2.75) is 245 Å². The van der Waals surface area contributed by atoms with Crippen molar-refractivity contribution in [1.82, 2.24) is 10.1 Å². The summed E-state index contributed by atoms with van der Waals surface area (Å²) in [7, 11) is 0. The Labute approximate surface area is 318 Å². The molecular weight excluding hydrogens is 635 g/mol. The smallest absolute Gasteiger partial charge is 0.305 e. The van der Waals surface area contributed by atoms with Crippen LogP contribution in [-0.4, -0.2) is 54.0 Å². The lowest BCUT2D eigenvalue weighted by atomic mass is 10.1. The van der Waals surface area contributed by atoms with Crippen LogP contribution in [-0.2, 0) is 9.53 Å². The van der Waals surface area contributed by atoms with Gasteiger partial charge >= 0.3 is 5.97 Å². The van der Waals surface area contributed by atoms with Gasteiger partial charge < -0.3 is 9.94 Å². The Bertz CT molecular complexity index is 695. The molecule has 0 rings (SSSR count). The normalized spacial score (nSPS) is 11.5. The fourth-order valence-corrected chi connectivity index (χ4v) is 7.03. The van der Waals surface area contributed by atoms with Crippen LogP contribution >= 0.6 is 0 Å². The molecule has 0 heterocycles. The van der Waals surface area contributed by atoms with Crippen LogP contribution in [0.3, 0.4) is 0 Å². The summed E-state index contributed by atoms with van der Waals surface area (Å²) in [6.07, 6.45) is 44.1. The van der Waals surface area contributed by atoms with Crippen LogP contribution in [0.25, 0.3) is 0 Å². The molecule has 0 unspecified atom stereocenters. The molecule has 0 saturated heterocycles. The molecule has 0 aromatic heterocycles. The first-order valence-corrected chi connectivity index (χ1v) is 22.8. The van der Waals surface area contributed by atoms with Crippen molar-refractivity contribution >= 4 is 5.97 Å². The number of hydrogen-bond acceptors (Lipinski definition) is 6. The number of nitrogens with zero attached hydrogens (tertiary/aromatic N) is 3. The summed E-state index contributed by atoms with van der Waals surface area (Å²) in [5.74, 6) is -0.0347. The summed E-state index contributed by atoms with van der Waals surface area (Å²) in [5, 5.41) is 16.6. The van der Waals surface area contributed by atoms with E-state index in [0.717, 1.165) is 77.5 Å². The lowest BCUT2D eigenvalue weighted by molar-refractivity contribution is -0.143. The minimum atomic E-state index is -0.0347. The van der Waals surface area contributed by atoms with E-state index < -0.39 is 0 Å². The van der Waals surface area contributed by atoms with Crippen LogP contribution < -0.4 is 0 Å². The Hall–Kier alpha value is -1.21. The molecule has 0 atom stereocenters. The number of nitroso groups, excluding NO2 is 1. The van der Waals surface area contributed by atoms with Gasteiger partial charge in [0.1, 0.15) is 0 Å². The molecule has 0 aromatic carbocycles. The van der Waals surface area contributed by atoms with E-state index in [2.05, 4.69) is 19.1 Å². The summed E-state index contributed by atoms with van der Waals surface area (Å²) in [4.78, 5) is 23.2. The van der Waals surface area contributed by atoms with Crippen molar-refractivity contribution in [1.29, 1.82) is 0 Å². The van der Waals surface area contributed by atoms with E-state index in [0.29, 0.717) is 13.0 Å². The zero-order chi connectivity index (χ0) is 37.1. The van der Waals surface area contributed by atoms with Crippen molar-refractivity contribution in [2.24, 2.45) is 5.29 Å². The van der Waals surface area contributed by atoms with Gasteiger partial charge in [0.25, 0.3) is 0 Å². The van der Waals surface area contributed by atoms with Gasteiger partial charge in [0.15, 0.2) is 0 Å². The number of carbonyl (C=O) groups excluding carboxylic acids is 1. The van der Waals surface area contributed by atoms with E-state index in [9.17, 15) is 14.9 Å². The molecule has 0 aromatic rings. The third-order valence-electron chi connectivity index (χ3n) is 10.5. The van der Waals surface area contributed by atoms with Gasteiger partial charge in [-0.1, -0.05) is 200 Å². The predicted molar refractivity (Wildman–Crippen MR) is 219 cm³/mol. The van der Waals surface area contributed by atoms with Gasteiger partial charge in [0.05, 0.1) is 11.9 Å². The van der Waals surface area contributed by atoms with Crippen LogP contribution in [0.5, 0.6) is 0 Å². The van der Waals surface area contributed by atoms with Crippen molar-refractivity contribution in [3.8, 4) is 0 Å². The predicted octanol–water partition coefficient (Wildman–Crippen LogP) is 14.3. The summed E-state index contributed by atoms with van der Waals surface area (Å²) in [5.41, 5.74) is 0. The van der Waals surface area contributed by atoms with Crippen molar-refractivity contribution in [3.05, 3.63) is 4.91 Å². The van der Waals surface area contributed by atoms with Gasteiger partial charge in [-0.25, -0.2) is 0 Å². The molecular formula is C44H89N3O4. The summed E-state index contributed by atoms with van der Waals surface area (Å²) in [6, 6.07) is 0. The standard InChI is InChI=1S/C44H89N3O4/c1-3-5-7-9-11-13-15-21-27-33-39-46(45-49)40-34-28-22-17-18-25-31-37-43-51-44(48)38-32-26-20-19-24-30-36-42-47(50)41-35-29-23-16-14-12-10-8-6-4-2/h50H,3-43H2,1-2H3. The summed E-state index contributed by atoms with van der Waals surface area (Å²) in [6.45, 7) is 8.33. The molecule has 0 radical (unpaired) electrons. The molecule has 51 heavy (non-hydrogen) atoms. The highest BCUT2D eigenvalue weighted by Gasteiger charge is 2.05. The first-order chi connectivity index (χ1) is 25.1.